The summed E-state index contributed by atoms with van der Waals surface area (Å²) in [6.07, 6.45) is 4.35. The average Bonchev–Trinajstić information content (AvgIpc) is 3.47. The predicted molar refractivity (Wildman–Crippen MR) is 125 cm³/mol. The molecule has 0 spiro atoms. The molecule has 4 aromatic rings. The minimum Gasteiger partial charge on any atom is -0.501 e. The molecule has 11 nitrogen and oxygen atoms in total. The third-order valence-electron chi connectivity index (χ3n) is 5.92. The van der Waals surface area contributed by atoms with Gasteiger partial charge in [-0.1, -0.05) is 30.3 Å². The molecule has 0 fully saturated rings. The van der Waals surface area contributed by atoms with Crippen molar-refractivity contribution in [1.29, 1.82) is 5.26 Å². The summed E-state index contributed by atoms with van der Waals surface area (Å²) in [6.45, 7) is 3.72. The van der Waals surface area contributed by atoms with Gasteiger partial charge in [0.1, 0.15) is 17.8 Å². The molecule has 0 saturated carbocycles. The Kier molecular flexibility index (Phi) is 6.20. The molecule has 11 heteroatoms. The number of amides is 1. The number of carbonyl (C=O) groups excluding carboxylic acids is 1. The molecule has 3 heterocycles. The van der Waals surface area contributed by atoms with Crippen LogP contribution in [0.5, 0.6) is 5.75 Å². The summed E-state index contributed by atoms with van der Waals surface area (Å²) in [4.78, 5) is 30.2. The van der Waals surface area contributed by atoms with E-state index in [4.69, 9.17) is 4.52 Å². The summed E-state index contributed by atoms with van der Waals surface area (Å²) >= 11 is 0. The van der Waals surface area contributed by atoms with Gasteiger partial charge < -0.3 is 14.9 Å². The fourth-order valence-corrected chi connectivity index (χ4v) is 4.28. The van der Waals surface area contributed by atoms with E-state index in [0.29, 0.717) is 5.56 Å². The van der Waals surface area contributed by atoms with E-state index in [9.17, 15) is 20.0 Å². The SMILES string of the molecule is Cc1nn(C)cc1[C@H](c1ccccc1C#N)[C@H](C)c1nc(C(=O)Nc2cnoc2)c(O)c(=O)n1C. The highest BCUT2D eigenvalue weighted by Crippen LogP contribution is 2.40. The molecule has 0 unspecified atom stereocenters. The van der Waals surface area contributed by atoms with Crippen molar-refractivity contribution < 1.29 is 14.4 Å². The van der Waals surface area contributed by atoms with Crippen molar-refractivity contribution in [3.8, 4) is 11.8 Å². The highest BCUT2D eigenvalue weighted by molar-refractivity contribution is 6.04. The predicted octanol–water partition coefficient (Wildman–Crippen LogP) is 2.58. The summed E-state index contributed by atoms with van der Waals surface area (Å²) in [6, 6.07) is 9.42. The van der Waals surface area contributed by atoms with E-state index in [1.807, 2.05) is 32.2 Å². The first-order valence-electron chi connectivity index (χ1n) is 10.7. The normalized spacial score (nSPS) is 12.7. The van der Waals surface area contributed by atoms with E-state index in [1.165, 1.54) is 24.1 Å². The van der Waals surface area contributed by atoms with E-state index in [-0.39, 0.29) is 11.5 Å². The maximum absolute atomic E-state index is 12.9. The Morgan fingerprint density at radius 3 is 2.63 bits per heavy atom. The third kappa shape index (κ3) is 4.29. The zero-order valence-electron chi connectivity index (χ0n) is 19.6. The van der Waals surface area contributed by atoms with Crippen LogP contribution >= 0.6 is 0 Å². The summed E-state index contributed by atoms with van der Waals surface area (Å²) in [5.41, 5.74) is 1.86. The fraction of sp³-hybridized carbons (Fsp3) is 0.250. The van der Waals surface area contributed by atoms with Crippen LogP contribution in [0.4, 0.5) is 5.69 Å². The van der Waals surface area contributed by atoms with Crippen LogP contribution in [-0.2, 0) is 14.1 Å². The van der Waals surface area contributed by atoms with Crippen molar-refractivity contribution in [3.63, 3.8) is 0 Å². The Labute approximate surface area is 200 Å². The molecule has 4 rings (SSSR count). The van der Waals surface area contributed by atoms with Crippen molar-refractivity contribution in [2.45, 2.75) is 25.7 Å². The van der Waals surface area contributed by atoms with Crippen molar-refractivity contribution in [2.24, 2.45) is 14.1 Å². The lowest BCUT2D eigenvalue weighted by atomic mass is 9.79. The van der Waals surface area contributed by atoms with Crippen LogP contribution in [0.1, 0.15) is 57.5 Å². The number of nitriles is 1. The van der Waals surface area contributed by atoms with Gasteiger partial charge in [0.15, 0.2) is 5.69 Å². The highest BCUT2D eigenvalue weighted by Gasteiger charge is 2.32. The molecule has 178 valence electrons. The maximum atomic E-state index is 12.9. The zero-order chi connectivity index (χ0) is 25.3. The molecule has 2 atom stereocenters. The van der Waals surface area contributed by atoms with Gasteiger partial charge in [0.25, 0.3) is 11.5 Å². The summed E-state index contributed by atoms with van der Waals surface area (Å²) in [7, 11) is 3.28. The zero-order valence-corrected chi connectivity index (χ0v) is 19.6. The number of benzene rings is 1. The van der Waals surface area contributed by atoms with Crippen LogP contribution in [-0.4, -0.2) is 35.5 Å². The number of carbonyl (C=O) groups is 1. The smallest absolute Gasteiger partial charge is 0.296 e. The molecular weight excluding hydrogens is 450 g/mol. The van der Waals surface area contributed by atoms with Gasteiger partial charge in [0.05, 0.1) is 23.5 Å². The Bertz CT molecular complexity index is 1500. The number of hydrogen-bond donors (Lipinski definition) is 2. The maximum Gasteiger partial charge on any atom is 0.296 e. The number of aryl methyl sites for hydroxylation is 2. The molecule has 0 radical (unpaired) electrons. The Hall–Kier alpha value is -4.72. The second-order valence-electron chi connectivity index (χ2n) is 8.21. The number of nitrogens with zero attached hydrogens (tertiary/aromatic N) is 6. The molecule has 35 heavy (non-hydrogen) atoms. The molecule has 0 aliphatic rings. The van der Waals surface area contributed by atoms with Gasteiger partial charge in [-0.05, 0) is 18.6 Å². The van der Waals surface area contributed by atoms with Crippen molar-refractivity contribution in [2.75, 3.05) is 5.32 Å². The average molecular weight is 473 g/mol. The summed E-state index contributed by atoms with van der Waals surface area (Å²) < 4.78 is 7.60. The molecule has 3 aromatic heterocycles. The van der Waals surface area contributed by atoms with Gasteiger partial charge in [-0.2, -0.15) is 10.4 Å². The van der Waals surface area contributed by atoms with E-state index >= 15 is 0 Å². The second-order valence-corrected chi connectivity index (χ2v) is 8.21. The van der Waals surface area contributed by atoms with Crippen LogP contribution < -0.4 is 10.9 Å². The highest BCUT2D eigenvalue weighted by atomic mass is 16.5. The van der Waals surface area contributed by atoms with Gasteiger partial charge in [0, 0.05) is 37.7 Å². The molecule has 0 aliphatic carbocycles. The summed E-state index contributed by atoms with van der Waals surface area (Å²) in [5, 5.41) is 30.7. The van der Waals surface area contributed by atoms with Crippen LogP contribution in [0.25, 0.3) is 0 Å². The van der Waals surface area contributed by atoms with Gasteiger partial charge in [-0.3, -0.25) is 18.8 Å². The second kappa shape index (κ2) is 9.26. The van der Waals surface area contributed by atoms with Crippen LogP contribution in [0, 0.1) is 18.3 Å². The van der Waals surface area contributed by atoms with Crippen LogP contribution in [0.3, 0.4) is 0 Å². The molecular formula is C24H23N7O4. The lowest BCUT2D eigenvalue weighted by molar-refractivity contribution is 0.101. The fourth-order valence-electron chi connectivity index (χ4n) is 4.28. The number of hydrogen-bond acceptors (Lipinski definition) is 8. The first kappa shape index (κ1) is 23.4. The lowest BCUT2D eigenvalue weighted by Crippen LogP contribution is -2.29. The van der Waals surface area contributed by atoms with E-state index < -0.39 is 34.7 Å². The number of aromatic nitrogens is 5. The van der Waals surface area contributed by atoms with Crippen molar-refractivity contribution >= 4 is 11.6 Å². The third-order valence-corrected chi connectivity index (χ3v) is 5.92. The van der Waals surface area contributed by atoms with Gasteiger partial charge >= 0.3 is 0 Å². The first-order chi connectivity index (χ1) is 16.7. The van der Waals surface area contributed by atoms with Gasteiger partial charge in [-0.25, -0.2) is 4.98 Å². The molecule has 0 bridgehead atoms. The molecule has 1 amide bonds. The molecule has 0 saturated heterocycles. The minimum absolute atomic E-state index is 0.248. The topological polar surface area (TPSA) is 152 Å². The minimum atomic E-state index is -0.789. The van der Waals surface area contributed by atoms with Crippen molar-refractivity contribution in [1.82, 2.24) is 24.5 Å². The standard InChI is InChI=1S/C24H23N7O4/c1-13(19(18-11-30(3)29-14(18)2)17-8-6-5-7-15(17)9-25)22-28-20(21(32)24(34)31(22)4)23(33)27-16-10-26-35-12-16/h5-8,10-13,19,32H,1-4H3,(H,27,33)/t13-,19-/m0/s1. The van der Waals surface area contributed by atoms with E-state index in [0.717, 1.165) is 16.8 Å². The molecule has 1 aromatic carbocycles. The van der Waals surface area contributed by atoms with Crippen LogP contribution in [0.15, 0.2) is 52.2 Å². The van der Waals surface area contributed by atoms with E-state index in [2.05, 4.69) is 26.6 Å². The number of rotatable bonds is 6. The molecule has 2 N–H and O–H groups in total. The monoisotopic (exact) mass is 473 g/mol. The largest absolute Gasteiger partial charge is 0.501 e. The summed E-state index contributed by atoms with van der Waals surface area (Å²) in [5.74, 6) is -2.22. The lowest BCUT2D eigenvalue weighted by Gasteiger charge is -2.26. The van der Waals surface area contributed by atoms with Gasteiger partial charge in [-0.15, -0.1) is 0 Å². The first-order valence-corrected chi connectivity index (χ1v) is 10.7. The Morgan fingerprint density at radius 2 is 2.00 bits per heavy atom. The Morgan fingerprint density at radius 1 is 1.26 bits per heavy atom. The number of aromatic hydroxyl groups is 1. The van der Waals surface area contributed by atoms with Gasteiger partial charge in [0.2, 0.25) is 5.75 Å². The Balaban J connectivity index is 1.88. The van der Waals surface area contributed by atoms with Crippen molar-refractivity contribution in [3.05, 3.63) is 87.2 Å². The number of anilines is 1. The number of nitrogens with one attached hydrogen (secondary N) is 1. The van der Waals surface area contributed by atoms with Crippen LogP contribution in [0.2, 0.25) is 0 Å². The van der Waals surface area contributed by atoms with E-state index in [1.54, 1.807) is 23.9 Å². The molecule has 0 aliphatic heterocycles. The quantitative estimate of drug-likeness (QED) is 0.433.